The molecule has 1 aliphatic rings. The van der Waals surface area contributed by atoms with Gasteiger partial charge in [0.25, 0.3) is 0 Å². The van der Waals surface area contributed by atoms with Gasteiger partial charge in [0.2, 0.25) is 0 Å². The first-order valence-corrected chi connectivity index (χ1v) is 11.9. The topological polar surface area (TPSA) is 91.5 Å². The van der Waals surface area contributed by atoms with Gasteiger partial charge in [-0.05, 0) is 62.6 Å². The number of hydrogen-bond donors (Lipinski definition) is 2. The van der Waals surface area contributed by atoms with Gasteiger partial charge >= 0.3 is 5.69 Å². The number of hydrogen-bond acceptors (Lipinski definition) is 6. The van der Waals surface area contributed by atoms with Crippen LogP contribution < -0.4 is 5.32 Å². The molecular weight excluding hydrogens is 499 g/mol. The quantitative estimate of drug-likeness (QED) is 0.263. The second-order valence-corrected chi connectivity index (χ2v) is 9.01. The fraction of sp³-hybridized carbons (Fsp3) is 0.370. The van der Waals surface area contributed by atoms with E-state index in [0.29, 0.717) is 24.0 Å². The molecule has 2 N–H and O–H groups in total. The average Bonchev–Trinajstić information content (AvgIpc) is 2.81. The van der Waals surface area contributed by atoms with E-state index in [9.17, 15) is 15.2 Å². The average molecular weight is 534 g/mol. The van der Waals surface area contributed by atoms with E-state index in [1.54, 1.807) is 25.1 Å². The lowest BCUT2D eigenvalue weighted by atomic mass is 9.80. The Labute approximate surface area is 224 Å². The zero-order valence-corrected chi connectivity index (χ0v) is 22.2. The summed E-state index contributed by atoms with van der Waals surface area (Å²) in [6.45, 7) is 5.91. The molecule has 9 heteroatoms. The summed E-state index contributed by atoms with van der Waals surface area (Å²) < 4.78 is 0. The first-order chi connectivity index (χ1) is 16.4. The van der Waals surface area contributed by atoms with Crippen molar-refractivity contribution < 1.29 is 10.0 Å². The minimum Gasteiger partial charge on any atom is -0.508 e. The number of pyridine rings is 1. The molecule has 0 spiro atoms. The summed E-state index contributed by atoms with van der Waals surface area (Å²) in [5, 5.41) is 24.7. The van der Waals surface area contributed by atoms with Crippen molar-refractivity contribution in [2.45, 2.75) is 45.1 Å². The minimum absolute atomic E-state index is 0. The summed E-state index contributed by atoms with van der Waals surface area (Å²) in [6.07, 6.45) is 3.39. The summed E-state index contributed by atoms with van der Waals surface area (Å²) >= 11 is 0. The van der Waals surface area contributed by atoms with Gasteiger partial charge in [-0.15, -0.1) is 24.8 Å². The predicted molar refractivity (Wildman–Crippen MR) is 149 cm³/mol. The Kier molecular flexibility index (Phi) is 11.0. The first kappa shape index (κ1) is 29.4. The van der Waals surface area contributed by atoms with E-state index in [4.69, 9.17) is 0 Å². The van der Waals surface area contributed by atoms with Gasteiger partial charge in [-0.1, -0.05) is 48.9 Å². The van der Waals surface area contributed by atoms with Crippen LogP contribution >= 0.6 is 24.8 Å². The van der Waals surface area contributed by atoms with Gasteiger partial charge in [-0.2, -0.15) is 0 Å². The van der Waals surface area contributed by atoms with Gasteiger partial charge in [-0.25, -0.2) is 0 Å². The third-order valence-corrected chi connectivity index (χ3v) is 6.65. The second kappa shape index (κ2) is 13.4. The van der Waals surface area contributed by atoms with Crippen molar-refractivity contribution in [3.05, 3.63) is 93.3 Å². The molecule has 0 bridgehead atoms. The number of aryl methyl sites for hydroxylation is 2. The molecule has 1 saturated heterocycles. The number of benzene rings is 2. The van der Waals surface area contributed by atoms with Crippen molar-refractivity contribution in [3.8, 4) is 5.75 Å². The van der Waals surface area contributed by atoms with E-state index in [2.05, 4.69) is 39.5 Å². The van der Waals surface area contributed by atoms with Crippen LogP contribution in [0.4, 0.5) is 11.4 Å². The second-order valence-electron chi connectivity index (χ2n) is 9.01. The molecule has 3 aromatic rings. The lowest BCUT2D eigenvalue weighted by molar-refractivity contribution is -0.384. The maximum absolute atomic E-state index is 11.6. The highest BCUT2D eigenvalue weighted by atomic mass is 35.5. The number of anilines is 1. The number of nitrogens with zero attached hydrogens (tertiary/aromatic N) is 3. The Balaban J connectivity index is 0.00000228. The molecule has 1 fully saturated rings. The summed E-state index contributed by atoms with van der Waals surface area (Å²) in [5.74, 6) is 0.451. The van der Waals surface area contributed by atoms with Gasteiger partial charge in [0.1, 0.15) is 17.1 Å². The molecule has 2 aromatic carbocycles. The van der Waals surface area contributed by atoms with Crippen LogP contribution in [0.25, 0.3) is 0 Å². The largest absolute Gasteiger partial charge is 0.508 e. The van der Waals surface area contributed by atoms with Crippen LogP contribution in [0.3, 0.4) is 0 Å². The van der Waals surface area contributed by atoms with E-state index in [1.165, 1.54) is 17.5 Å². The molecule has 0 radical (unpaired) electrons. The van der Waals surface area contributed by atoms with Crippen LogP contribution in [-0.2, 0) is 0 Å². The number of aromatic hydroxyl groups is 1. The number of nitro groups is 1. The van der Waals surface area contributed by atoms with Gasteiger partial charge in [0.05, 0.1) is 4.92 Å². The molecular formula is C27H34Cl2N4O3. The fourth-order valence-corrected chi connectivity index (χ4v) is 5.17. The molecule has 0 saturated carbocycles. The van der Waals surface area contributed by atoms with Crippen LogP contribution in [0, 0.1) is 24.0 Å². The Bertz CT molecular complexity index is 1130. The molecule has 4 rings (SSSR count). The Hall–Kier alpha value is -2.87. The maximum atomic E-state index is 11.6. The van der Waals surface area contributed by atoms with Gasteiger partial charge in [0, 0.05) is 30.7 Å². The molecule has 194 valence electrons. The van der Waals surface area contributed by atoms with Crippen LogP contribution in [0.15, 0.2) is 60.7 Å². The Morgan fingerprint density at radius 2 is 1.75 bits per heavy atom. The van der Waals surface area contributed by atoms with Crippen molar-refractivity contribution in [2.75, 3.05) is 25.0 Å². The van der Waals surface area contributed by atoms with Crippen molar-refractivity contribution >= 4 is 36.2 Å². The number of rotatable bonds is 8. The standard InChI is InChI=1S/C27H32N4O3.2ClH/c1-19-18-24(27(31(33)34)20(2)29-19)28-15-17-30-16-7-6-10-25(30)26(21-8-4-3-5-9-21)22-11-13-23(32)14-12-22;;/h3-5,8-9,11-14,18,25-26,32H,6-7,10,15-17H2,1-2H3,(H,28,29);2*1H. The molecule has 0 aliphatic carbocycles. The zero-order valence-electron chi connectivity index (χ0n) is 20.6. The number of halogens is 2. The molecule has 1 aromatic heterocycles. The third-order valence-electron chi connectivity index (χ3n) is 6.65. The lowest BCUT2D eigenvalue weighted by Gasteiger charge is -2.41. The fourth-order valence-electron chi connectivity index (χ4n) is 5.17. The van der Waals surface area contributed by atoms with Crippen LogP contribution in [0.5, 0.6) is 5.75 Å². The van der Waals surface area contributed by atoms with Crippen molar-refractivity contribution in [1.29, 1.82) is 0 Å². The SMILES string of the molecule is Cc1cc(NCCN2CCCCC2C(c2ccccc2)c2ccc(O)cc2)c([N+](=O)[O-])c(C)n1.Cl.Cl. The zero-order chi connectivity index (χ0) is 24.1. The maximum Gasteiger partial charge on any atom is 0.313 e. The first-order valence-electron chi connectivity index (χ1n) is 11.9. The summed E-state index contributed by atoms with van der Waals surface area (Å²) in [5.41, 5.74) is 4.21. The molecule has 2 heterocycles. The number of phenols is 1. The number of phenolic OH excluding ortho intramolecular Hbond substituents is 1. The van der Waals surface area contributed by atoms with Crippen molar-refractivity contribution in [1.82, 2.24) is 9.88 Å². The highest BCUT2D eigenvalue weighted by Gasteiger charge is 2.32. The lowest BCUT2D eigenvalue weighted by Crippen LogP contribution is -2.45. The van der Waals surface area contributed by atoms with E-state index >= 15 is 0 Å². The highest BCUT2D eigenvalue weighted by molar-refractivity contribution is 5.85. The van der Waals surface area contributed by atoms with E-state index in [0.717, 1.165) is 31.6 Å². The molecule has 0 amide bonds. The number of nitrogens with one attached hydrogen (secondary N) is 1. The highest BCUT2D eigenvalue weighted by Crippen LogP contribution is 2.36. The molecule has 36 heavy (non-hydrogen) atoms. The van der Waals surface area contributed by atoms with Gasteiger partial charge in [0.15, 0.2) is 0 Å². The van der Waals surface area contributed by atoms with Crippen LogP contribution in [-0.4, -0.2) is 45.6 Å². The number of aromatic nitrogens is 1. The van der Waals surface area contributed by atoms with Crippen LogP contribution in [0.2, 0.25) is 0 Å². The number of likely N-dealkylation sites (tertiary alicyclic amines) is 1. The van der Waals surface area contributed by atoms with E-state index in [-0.39, 0.29) is 47.1 Å². The summed E-state index contributed by atoms with van der Waals surface area (Å²) in [6, 6.07) is 20.1. The molecule has 1 aliphatic heterocycles. The van der Waals surface area contributed by atoms with E-state index < -0.39 is 0 Å². The third kappa shape index (κ3) is 6.87. The van der Waals surface area contributed by atoms with Crippen molar-refractivity contribution in [2.24, 2.45) is 0 Å². The van der Waals surface area contributed by atoms with E-state index in [1.807, 2.05) is 25.1 Å². The van der Waals surface area contributed by atoms with Crippen LogP contribution in [0.1, 0.15) is 47.7 Å². The molecule has 2 unspecified atom stereocenters. The minimum atomic E-state index is -0.357. The normalized spacial score (nSPS) is 16.3. The number of piperidine rings is 1. The smallest absolute Gasteiger partial charge is 0.313 e. The molecule has 2 atom stereocenters. The summed E-state index contributed by atoms with van der Waals surface area (Å²) in [4.78, 5) is 18.0. The predicted octanol–water partition coefficient (Wildman–Crippen LogP) is 6.25. The molecule has 7 nitrogen and oxygen atoms in total. The van der Waals surface area contributed by atoms with Gasteiger partial charge in [-0.3, -0.25) is 20.0 Å². The van der Waals surface area contributed by atoms with Gasteiger partial charge < -0.3 is 10.4 Å². The Morgan fingerprint density at radius 3 is 2.42 bits per heavy atom. The van der Waals surface area contributed by atoms with Crippen molar-refractivity contribution in [3.63, 3.8) is 0 Å². The monoisotopic (exact) mass is 532 g/mol. The Morgan fingerprint density at radius 1 is 1.08 bits per heavy atom. The summed E-state index contributed by atoms with van der Waals surface area (Å²) in [7, 11) is 0.